The van der Waals surface area contributed by atoms with E-state index in [1.807, 2.05) is 0 Å². The molecule has 1 aromatic heterocycles. The molecule has 0 radical (unpaired) electrons. The van der Waals surface area contributed by atoms with Crippen LogP contribution in [0.2, 0.25) is 5.02 Å². The fraction of sp³-hybridized carbons (Fsp3) is 0.182. The monoisotopic (exact) mass is 435 g/mol. The minimum atomic E-state index is -4.48. The lowest BCUT2D eigenvalue weighted by Crippen LogP contribution is -2.19. The number of esters is 1. The summed E-state index contributed by atoms with van der Waals surface area (Å²) in [7, 11) is 0. The summed E-state index contributed by atoms with van der Waals surface area (Å²) >= 11 is 6.10. The topological polar surface area (TPSA) is 48.4 Å². The van der Waals surface area contributed by atoms with Crippen molar-refractivity contribution in [3.8, 4) is 28.1 Å². The molecule has 8 heteroatoms. The molecule has 3 aromatic rings. The molecule has 1 heterocycles. The summed E-state index contributed by atoms with van der Waals surface area (Å²) in [4.78, 5) is 16.4. The maximum atomic E-state index is 12.7. The number of halogens is 4. The molecule has 0 atom stereocenters. The summed E-state index contributed by atoms with van der Waals surface area (Å²) in [6.07, 6.45) is -4.48. The Balaban J connectivity index is 2.08. The normalized spacial score (nSPS) is 11.2. The number of carbonyl (C=O) groups excluding carboxylic acids is 1. The summed E-state index contributed by atoms with van der Waals surface area (Å²) in [5.41, 5.74) is 2.13. The van der Waals surface area contributed by atoms with Crippen LogP contribution in [-0.2, 0) is 4.74 Å². The molecule has 0 aliphatic carbocycles. The van der Waals surface area contributed by atoms with Gasteiger partial charge < -0.3 is 9.47 Å². The molecule has 0 fully saturated rings. The molecular formula is C22H17ClF3NO3. The number of carbonyl (C=O) groups is 1. The molecule has 0 saturated carbocycles. The Morgan fingerprint density at radius 2 is 1.73 bits per heavy atom. The SMILES string of the molecule is CCOC(=O)c1cccc(-c2ccccc2-c2cc(Cl)ccc2OCC(F)(F)F)n1. The van der Waals surface area contributed by atoms with Crippen LogP contribution in [0.1, 0.15) is 17.4 Å². The zero-order valence-corrected chi connectivity index (χ0v) is 16.6. The highest BCUT2D eigenvalue weighted by atomic mass is 35.5. The van der Waals surface area contributed by atoms with Crippen LogP contribution in [0.15, 0.2) is 60.7 Å². The highest BCUT2D eigenvalue weighted by molar-refractivity contribution is 6.31. The van der Waals surface area contributed by atoms with Crippen molar-refractivity contribution in [2.45, 2.75) is 13.1 Å². The summed E-state index contributed by atoms with van der Waals surface area (Å²) in [5, 5.41) is 0.340. The van der Waals surface area contributed by atoms with E-state index in [-0.39, 0.29) is 18.1 Å². The molecule has 0 unspecified atom stereocenters. The first-order valence-corrected chi connectivity index (χ1v) is 9.39. The maximum absolute atomic E-state index is 12.7. The average Bonchev–Trinajstić information content (AvgIpc) is 2.72. The first kappa shape index (κ1) is 21.6. The number of ether oxygens (including phenoxy) is 2. The Morgan fingerprint density at radius 3 is 2.43 bits per heavy atom. The fourth-order valence-electron chi connectivity index (χ4n) is 2.84. The van der Waals surface area contributed by atoms with Crippen molar-refractivity contribution >= 4 is 17.6 Å². The quantitative estimate of drug-likeness (QED) is 0.433. The molecule has 0 spiro atoms. The fourth-order valence-corrected chi connectivity index (χ4v) is 3.02. The Kier molecular flexibility index (Phi) is 6.62. The van der Waals surface area contributed by atoms with Gasteiger partial charge in [-0.05, 0) is 42.8 Å². The van der Waals surface area contributed by atoms with Gasteiger partial charge >= 0.3 is 12.1 Å². The van der Waals surface area contributed by atoms with Gasteiger partial charge in [-0.2, -0.15) is 13.2 Å². The standard InChI is InChI=1S/C22H17ClF3NO3/c1-2-29-21(28)19-9-5-8-18(27-19)16-7-4-3-6-15(16)17-12-14(23)10-11-20(17)30-13-22(24,25)26/h3-12H,2,13H2,1H3. The minimum absolute atomic E-state index is 0.0331. The Bertz CT molecular complexity index is 1050. The molecule has 0 aliphatic heterocycles. The lowest BCUT2D eigenvalue weighted by molar-refractivity contribution is -0.153. The maximum Gasteiger partial charge on any atom is 0.422 e. The summed E-state index contributed by atoms with van der Waals surface area (Å²) in [6.45, 7) is 0.475. The summed E-state index contributed by atoms with van der Waals surface area (Å²) in [6, 6.07) is 16.2. The molecule has 3 rings (SSSR count). The van der Waals surface area contributed by atoms with Crippen LogP contribution >= 0.6 is 11.6 Å². The van der Waals surface area contributed by atoms with Gasteiger partial charge in [-0.25, -0.2) is 9.78 Å². The van der Waals surface area contributed by atoms with E-state index in [2.05, 4.69) is 4.98 Å². The third-order valence-corrected chi connectivity index (χ3v) is 4.29. The summed E-state index contributed by atoms with van der Waals surface area (Å²) < 4.78 is 48.0. The van der Waals surface area contributed by atoms with E-state index in [0.717, 1.165) is 0 Å². The van der Waals surface area contributed by atoms with Crippen LogP contribution in [0.3, 0.4) is 0 Å². The number of nitrogens with zero attached hydrogens (tertiary/aromatic N) is 1. The zero-order valence-electron chi connectivity index (χ0n) is 15.9. The van der Waals surface area contributed by atoms with Crippen LogP contribution in [0.25, 0.3) is 22.4 Å². The number of rotatable bonds is 6. The van der Waals surface area contributed by atoms with Gasteiger partial charge in [-0.1, -0.05) is 41.9 Å². The van der Waals surface area contributed by atoms with Crippen molar-refractivity contribution in [3.63, 3.8) is 0 Å². The Hall–Kier alpha value is -3.06. The van der Waals surface area contributed by atoms with E-state index in [0.29, 0.717) is 27.4 Å². The lowest BCUT2D eigenvalue weighted by atomic mass is 9.96. The first-order valence-electron chi connectivity index (χ1n) is 9.01. The number of aromatic nitrogens is 1. The van der Waals surface area contributed by atoms with Gasteiger partial charge in [-0.15, -0.1) is 0 Å². The molecular weight excluding hydrogens is 419 g/mol. The van der Waals surface area contributed by atoms with Crippen LogP contribution < -0.4 is 4.74 Å². The lowest BCUT2D eigenvalue weighted by Gasteiger charge is -2.16. The number of alkyl halides is 3. The average molecular weight is 436 g/mol. The number of benzene rings is 2. The molecule has 0 aliphatic rings. The first-order chi connectivity index (χ1) is 14.3. The van der Waals surface area contributed by atoms with Gasteiger partial charge in [0.05, 0.1) is 12.3 Å². The molecule has 4 nitrogen and oxygen atoms in total. The molecule has 30 heavy (non-hydrogen) atoms. The van der Waals surface area contributed by atoms with Gasteiger partial charge in [0, 0.05) is 16.1 Å². The molecule has 0 bridgehead atoms. The van der Waals surface area contributed by atoms with Gasteiger partial charge in [0.25, 0.3) is 0 Å². The summed E-state index contributed by atoms with van der Waals surface area (Å²) in [5.74, 6) is -0.528. The second kappa shape index (κ2) is 9.17. The van der Waals surface area contributed by atoms with Crippen LogP contribution in [-0.4, -0.2) is 30.3 Å². The van der Waals surface area contributed by atoms with E-state index >= 15 is 0 Å². The third-order valence-electron chi connectivity index (χ3n) is 4.06. The van der Waals surface area contributed by atoms with Gasteiger partial charge in [0.15, 0.2) is 6.61 Å². The van der Waals surface area contributed by atoms with Gasteiger partial charge in [0.1, 0.15) is 11.4 Å². The molecule has 0 saturated heterocycles. The van der Waals surface area contributed by atoms with E-state index in [4.69, 9.17) is 21.1 Å². The van der Waals surface area contributed by atoms with Crippen molar-refractivity contribution in [1.29, 1.82) is 0 Å². The number of pyridine rings is 1. The van der Waals surface area contributed by atoms with Gasteiger partial charge in [-0.3, -0.25) is 0 Å². The molecule has 0 N–H and O–H groups in total. The van der Waals surface area contributed by atoms with Crippen molar-refractivity contribution in [2.75, 3.05) is 13.2 Å². The van der Waals surface area contributed by atoms with Crippen molar-refractivity contribution in [3.05, 3.63) is 71.4 Å². The smallest absolute Gasteiger partial charge is 0.422 e. The second-order valence-electron chi connectivity index (χ2n) is 6.22. The highest BCUT2D eigenvalue weighted by Crippen LogP contribution is 2.38. The van der Waals surface area contributed by atoms with E-state index < -0.39 is 18.8 Å². The molecule has 0 amide bonds. The van der Waals surface area contributed by atoms with Crippen molar-refractivity contribution < 1.29 is 27.4 Å². The predicted octanol–water partition coefficient (Wildman–Crippen LogP) is 6.19. The largest absolute Gasteiger partial charge is 0.483 e. The van der Waals surface area contributed by atoms with Crippen LogP contribution in [0.4, 0.5) is 13.2 Å². The van der Waals surface area contributed by atoms with Crippen molar-refractivity contribution in [1.82, 2.24) is 4.98 Å². The molecule has 156 valence electrons. The van der Waals surface area contributed by atoms with E-state index in [1.165, 1.54) is 24.3 Å². The Morgan fingerprint density at radius 1 is 1.00 bits per heavy atom. The Labute approximate surface area is 176 Å². The minimum Gasteiger partial charge on any atom is -0.483 e. The van der Waals surface area contributed by atoms with Gasteiger partial charge in [0.2, 0.25) is 0 Å². The molecule has 2 aromatic carbocycles. The second-order valence-corrected chi connectivity index (χ2v) is 6.65. The third kappa shape index (κ3) is 5.30. The van der Waals surface area contributed by atoms with Crippen LogP contribution in [0, 0.1) is 0 Å². The number of hydrogen-bond donors (Lipinski definition) is 0. The zero-order chi connectivity index (χ0) is 21.7. The van der Waals surface area contributed by atoms with E-state index in [9.17, 15) is 18.0 Å². The predicted molar refractivity (Wildman–Crippen MR) is 108 cm³/mol. The van der Waals surface area contributed by atoms with Crippen molar-refractivity contribution in [2.24, 2.45) is 0 Å². The number of hydrogen-bond acceptors (Lipinski definition) is 4. The van der Waals surface area contributed by atoms with Crippen LogP contribution in [0.5, 0.6) is 5.75 Å². The highest BCUT2D eigenvalue weighted by Gasteiger charge is 2.29. The van der Waals surface area contributed by atoms with E-state index in [1.54, 1.807) is 43.3 Å².